The van der Waals surface area contributed by atoms with Gasteiger partial charge in [-0.25, -0.2) is 4.39 Å². The number of nitrogens with one attached hydrogen (secondary N) is 1. The highest BCUT2D eigenvalue weighted by atomic mass is 19.1. The lowest BCUT2D eigenvalue weighted by molar-refractivity contribution is -0.137. The lowest BCUT2D eigenvalue weighted by Gasteiger charge is -2.22. The van der Waals surface area contributed by atoms with Crippen LogP contribution in [0.3, 0.4) is 0 Å². The topological polar surface area (TPSA) is 84.2 Å². The molecule has 27 heavy (non-hydrogen) atoms. The number of aromatic nitrogens is 2. The monoisotopic (exact) mass is 373 g/mol. The van der Waals surface area contributed by atoms with Gasteiger partial charge in [-0.15, -0.1) is 0 Å². The van der Waals surface area contributed by atoms with Crippen LogP contribution in [0.2, 0.25) is 0 Å². The maximum atomic E-state index is 13.2. The molecule has 3 rings (SSSR count). The lowest BCUT2D eigenvalue weighted by Crippen LogP contribution is -2.31. The van der Waals surface area contributed by atoms with E-state index >= 15 is 0 Å². The highest BCUT2D eigenvalue weighted by Crippen LogP contribution is 2.41. The lowest BCUT2D eigenvalue weighted by atomic mass is 10.0. The molecule has 7 heteroatoms. The first-order valence-electron chi connectivity index (χ1n) is 9.03. The van der Waals surface area contributed by atoms with E-state index in [-0.39, 0.29) is 17.7 Å². The van der Waals surface area contributed by atoms with E-state index in [1.165, 1.54) is 24.3 Å². The van der Waals surface area contributed by atoms with Gasteiger partial charge in [0.05, 0.1) is 18.0 Å². The molecule has 2 N–H and O–H groups in total. The SMILES string of the molecule is CC(C)(C)n1nc(C(=O)NC(CC(=O)O)c2ccc(F)cc2)cc1C1CC1. The van der Waals surface area contributed by atoms with Crippen molar-refractivity contribution < 1.29 is 19.1 Å². The van der Waals surface area contributed by atoms with Crippen molar-refractivity contribution in [2.75, 3.05) is 0 Å². The van der Waals surface area contributed by atoms with Crippen LogP contribution in [0.5, 0.6) is 0 Å². The summed E-state index contributed by atoms with van der Waals surface area (Å²) in [5.74, 6) is -1.48. The number of hydrogen-bond acceptors (Lipinski definition) is 3. The van der Waals surface area contributed by atoms with E-state index in [0.717, 1.165) is 18.5 Å². The first kappa shape index (κ1) is 19.1. The largest absolute Gasteiger partial charge is 0.481 e. The predicted octanol–water partition coefficient (Wildman–Crippen LogP) is 3.60. The second-order valence-electron chi connectivity index (χ2n) is 7.99. The number of carboxylic acid groups (broad SMARTS) is 1. The summed E-state index contributed by atoms with van der Waals surface area (Å²) in [4.78, 5) is 24.0. The zero-order chi connectivity index (χ0) is 19.8. The molecule has 1 atom stereocenters. The molecule has 1 aromatic carbocycles. The van der Waals surface area contributed by atoms with Gasteiger partial charge in [-0.2, -0.15) is 5.10 Å². The fraction of sp³-hybridized carbons (Fsp3) is 0.450. The van der Waals surface area contributed by atoms with Crippen LogP contribution < -0.4 is 5.32 Å². The summed E-state index contributed by atoms with van der Waals surface area (Å²) in [6.07, 6.45) is 1.87. The van der Waals surface area contributed by atoms with Crippen LogP contribution in [0.25, 0.3) is 0 Å². The number of carbonyl (C=O) groups is 2. The van der Waals surface area contributed by atoms with E-state index in [4.69, 9.17) is 0 Å². The number of aliphatic carboxylic acids is 1. The molecule has 1 aliphatic rings. The molecule has 0 bridgehead atoms. The zero-order valence-corrected chi connectivity index (χ0v) is 15.7. The molecule has 1 amide bonds. The molecule has 144 valence electrons. The average Bonchev–Trinajstić information content (AvgIpc) is 3.31. The number of halogens is 1. The third kappa shape index (κ3) is 4.53. The Bertz CT molecular complexity index is 848. The molecule has 1 saturated carbocycles. The number of benzene rings is 1. The van der Waals surface area contributed by atoms with Gasteiger partial charge in [-0.1, -0.05) is 12.1 Å². The van der Waals surface area contributed by atoms with Crippen molar-refractivity contribution in [3.63, 3.8) is 0 Å². The number of amides is 1. The van der Waals surface area contributed by atoms with E-state index in [0.29, 0.717) is 11.5 Å². The Balaban J connectivity index is 1.85. The van der Waals surface area contributed by atoms with Crippen LogP contribution in [0, 0.1) is 5.82 Å². The van der Waals surface area contributed by atoms with E-state index in [1.807, 2.05) is 25.5 Å². The smallest absolute Gasteiger partial charge is 0.305 e. The number of carbonyl (C=O) groups excluding carboxylic acids is 1. The third-order valence-electron chi connectivity index (χ3n) is 4.56. The Morgan fingerprint density at radius 1 is 1.30 bits per heavy atom. The maximum Gasteiger partial charge on any atom is 0.305 e. The van der Waals surface area contributed by atoms with Crippen LogP contribution in [0.1, 0.15) is 73.7 Å². The van der Waals surface area contributed by atoms with Crippen molar-refractivity contribution in [3.8, 4) is 0 Å². The van der Waals surface area contributed by atoms with Gasteiger partial charge in [0.1, 0.15) is 11.5 Å². The fourth-order valence-electron chi connectivity index (χ4n) is 3.07. The Labute approximate surface area is 157 Å². The van der Waals surface area contributed by atoms with Gasteiger partial charge in [-0.3, -0.25) is 14.3 Å². The summed E-state index contributed by atoms with van der Waals surface area (Å²) in [5, 5.41) is 16.4. The molecular weight excluding hydrogens is 349 g/mol. The van der Waals surface area contributed by atoms with Crippen molar-refractivity contribution in [2.24, 2.45) is 0 Å². The Morgan fingerprint density at radius 2 is 1.93 bits per heavy atom. The third-order valence-corrected chi connectivity index (χ3v) is 4.56. The second-order valence-corrected chi connectivity index (χ2v) is 7.99. The summed E-state index contributed by atoms with van der Waals surface area (Å²) in [6, 6.07) is 6.48. The summed E-state index contributed by atoms with van der Waals surface area (Å²) < 4.78 is 15.0. The molecule has 0 radical (unpaired) electrons. The number of hydrogen-bond donors (Lipinski definition) is 2. The van der Waals surface area contributed by atoms with Crippen LogP contribution in [-0.2, 0) is 10.3 Å². The van der Waals surface area contributed by atoms with Crippen LogP contribution in [-0.4, -0.2) is 26.8 Å². The molecule has 1 unspecified atom stereocenters. The number of rotatable bonds is 6. The summed E-state index contributed by atoms with van der Waals surface area (Å²) >= 11 is 0. The predicted molar refractivity (Wildman–Crippen MR) is 98.1 cm³/mol. The molecule has 0 saturated heterocycles. The summed E-state index contributed by atoms with van der Waals surface area (Å²) in [6.45, 7) is 6.08. The quantitative estimate of drug-likeness (QED) is 0.810. The molecule has 2 aromatic rings. The van der Waals surface area contributed by atoms with E-state index in [2.05, 4.69) is 10.4 Å². The normalized spacial score (nSPS) is 15.4. The number of nitrogens with zero attached hydrogens (tertiary/aromatic N) is 2. The fourth-order valence-corrected chi connectivity index (χ4v) is 3.07. The first-order chi connectivity index (χ1) is 12.6. The Morgan fingerprint density at radius 3 is 2.44 bits per heavy atom. The molecule has 0 spiro atoms. The van der Waals surface area contributed by atoms with Crippen molar-refractivity contribution in [3.05, 3.63) is 53.1 Å². The Hall–Kier alpha value is -2.70. The summed E-state index contributed by atoms with van der Waals surface area (Å²) in [7, 11) is 0. The van der Waals surface area contributed by atoms with Gasteiger partial charge in [0.25, 0.3) is 5.91 Å². The van der Waals surface area contributed by atoms with Crippen molar-refractivity contribution in [1.82, 2.24) is 15.1 Å². The Kier molecular flexibility index (Phi) is 5.04. The molecule has 0 aliphatic heterocycles. The molecule has 1 aromatic heterocycles. The van der Waals surface area contributed by atoms with Gasteiger partial charge in [0.15, 0.2) is 0 Å². The minimum Gasteiger partial charge on any atom is -0.481 e. The standard InChI is InChI=1S/C20H24FN3O3/c1-20(2,3)24-17(13-4-5-13)10-16(23-24)19(27)22-15(11-18(25)26)12-6-8-14(21)9-7-12/h6-10,13,15H,4-5,11H2,1-3H3,(H,22,27)(H,25,26). The van der Waals surface area contributed by atoms with Gasteiger partial charge in [-0.05, 0) is 57.4 Å². The van der Waals surface area contributed by atoms with Crippen molar-refractivity contribution >= 4 is 11.9 Å². The highest BCUT2D eigenvalue weighted by molar-refractivity contribution is 5.93. The minimum atomic E-state index is -1.05. The van der Waals surface area contributed by atoms with Crippen LogP contribution >= 0.6 is 0 Å². The van der Waals surface area contributed by atoms with Crippen LogP contribution in [0.4, 0.5) is 4.39 Å². The molecule has 1 heterocycles. The van der Waals surface area contributed by atoms with Gasteiger partial charge in [0, 0.05) is 11.6 Å². The van der Waals surface area contributed by atoms with E-state index < -0.39 is 23.7 Å². The van der Waals surface area contributed by atoms with E-state index in [9.17, 15) is 19.1 Å². The van der Waals surface area contributed by atoms with Crippen LogP contribution in [0.15, 0.2) is 30.3 Å². The van der Waals surface area contributed by atoms with Gasteiger partial charge < -0.3 is 10.4 Å². The first-order valence-corrected chi connectivity index (χ1v) is 9.03. The van der Waals surface area contributed by atoms with Crippen molar-refractivity contribution in [1.29, 1.82) is 0 Å². The zero-order valence-electron chi connectivity index (χ0n) is 15.7. The van der Waals surface area contributed by atoms with Crippen molar-refractivity contribution in [2.45, 2.75) is 57.5 Å². The minimum absolute atomic E-state index is 0.256. The molecular formula is C20H24FN3O3. The summed E-state index contributed by atoms with van der Waals surface area (Å²) in [5.41, 5.74) is 1.58. The average molecular weight is 373 g/mol. The second kappa shape index (κ2) is 7.13. The van der Waals surface area contributed by atoms with Gasteiger partial charge >= 0.3 is 5.97 Å². The maximum absolute atomic E-state index is 13.2. The highest BCUT2D eigenvalue weighted by Gasteiger charge is 2.33. The molecule has 1 fully saturated rings. The number of carboxylic acids is 1. The molecule has 1 aliphatic carbocycles. The molecule has 6 nitrogen and oxygen atoms in total. The van der Waals surface area contributed by atoms with E-state index in [1.54, 1.807) is 6.07 Å². The van der Waals surface area contributed by atoms with Gasteiger partial charge in [0.2, 0.25) is 0 Å².